The van der Waals surface area contributed by atoms with Crippen LogP contribution in [-0.4, -0.2) is 9.78 Å². The molecule has 0 aliphatic heterocycles. The number of benzene rings is 1. The zero-order valence-electron chi connectivity index (χ0n) is 12.4. The van der Waals surface area contributed by atoms with Crippen molar-refractivity contribution in [2.75, 3.05) is 0 Å². The maximum atomic E-state index is 8.99. The van der Waals surface area contributed by atoms with Gasteiger partial charge in [0.2, 0.25) is 0 Å². The van der Waals surface area contributed by atoms with Crippen molar-refractivity contribution in [3.05, 3.63) is 65.6 Å². The minimum Gasteiger partial charge on any atom is -0.460 e. The van der Waals surface area contributed by atoms with Crippen molar-refractivity contribution >= 4 is 6.08 Å². The summed E-state index contributed by atoms with van der Waals surface area (Å²) in [5.74, 6) is 1.36. The van der Waals surface area contributed by atoms with Gasteiger partial charge in [0.1, 0.15) is 29.2 Å². The summed E-state index contributed by atoms with van der Waals surface area (Å²) in [6.07, 6.45) is 3.29. The maximum absolute atomic E-state index is 8.99. The lowest BCUT2D eigenvalue weighted by Gasteiger charge is -1.98. The van der Waals surface area contributed by atoms with E-state index in [1.54, 1.807) is 10.9 Å². The van der Waals surface area contributed by atoms with Gasteiger partial charge in [-0.1, -0.05) is 18.2 Å². The Hall–Kier alpha value is -3.57. The number of aromatic nitrogens is 2. The average molecular weight is 300 g/mol. The van der Waals surface area contributed by atoms with Gasteiger partial charge < -0.3 is 4.42 Å². The Morgan fingerprint density at radius 1 is 1.13 bits per heavy atom. The van der Waals surface area contributed by atoms with E-state index in [4.69, 9.17) is 14.9 Å². The van der Waals surface area contributed by atoms with Crippen LogP contribution in [0.1, 0.15) is 11.3 Å². The molecule has 0 saturated heterocycles. The minimum absolute atomic E-state index is 0.0159. The van der Waals surface area contributed by atoms with E-state index in [1.807, 2.05) is 61.5 Å². The van der Waals surface area contributed by atoms with Crippen LogP contribution in [0.5, 0.6) is 0 Å². The molecule has 5 nitrogen and oxygen atoms in total. The lowest BCUT2D eigenvalue weighted by atomic mass is 10.1. The van der Waals surface area contributed by atoms with E-state index in [0.29, 0.717) is 17.0 Å². The number of hydrogen-bond acceptors (Lipinski definition) is 4. The molecular formula is C18H12N4O. The molecular weight excluding hydrogens is 288 g/mol. The van der Waals surface area contributed by atoms with E-state index in [9.17, 15) is 0 Å². The van der Waals surface area contributed by atoms with Crippen molar-refractivity contribution in [3.8, 4) is 29.3 Å². The molecule has 0 atom stereocenters. The van der Waals surface area contributed by atoms with E-state index in [0.717, 1.165) is 11.4 Å². The number of aryl methyl sites for hydroxylation is 1. The number of allylic oxidation sites excluding steroid dienone is 1. The third-order valence-electron chi connectivity index (χ3n) is 3.28. The van der Waals surface area contributed by atoms with E-state index < -0.39 is 0 Å². The molecule has 110 valence electrons. The van der Waals surface area contributed by atoms with E-state index in [2.05, 4.69) is 5.10 Å². The van der Waals surface area contributed by atoms with Crippen LogP contribution >= 0.6 is 0 Å². The molecule has 0 amide bonds. The average Bonchev–Trinajstić information content (AvgIpc) is 3.19. The molecule has 23 heavy (non-hydrogen) atoms. The van der Waals surface area contributed by atoms with Crippen LogP contribution < -0.4 is 0 Å². The first-order valence-electron chi connectivity index (χ1n) is 6.95. The second-order valence-corrected chi connectivity index (χ2v) is 4.91. The van der Waals surface area contributed by atoms with Crippen molar-refractivity contribution in [2.45, 2.75) is 6.92 Å². The zero-order chi connectivity index (χ0) is 16.2. The topological polar surface area (TPSA) is 78.5 Å². The van der Waals surface area contributed by atoms with E-state index in [1.165, 1.54) is 6.08 Å². The van der Waals surface area contributed by atoms with Gasteiger partial charge in [0, 0.05) is 11.8 Å². The molecule has 0 aliphatic carbocycles. The Kier molecular flexibility index (Phi) is 3.78. The lowest BCUT2D eigenvalue weighted by Crippen LogP contribution is -1.93. The first-order valence-corrected chi connectivity index (χ1v) is 6.95. The van der Waals surface area contributed by atoms with Crippen LogP contribution in [0.3, 0.4) is 0 Å². The molecule has 5 heteroatoms. The number of para-hydroxylation sites is 1. The Labute approximate surface area is 133 Å². The number of nitriles is 2. The summed E-state index contributed by atoms with van der Waals surface area (Å²) in [6.45, 7) is 1.85. The van der Waals surface area contributed by atoms with E-state index in [-0.39, 0.29) is 5.57 Å². The van der Waals surface area contributed by atoms with Gasteiger partial charge in [-0.15, -0.1) is 0 Å². The van der Waals surface area contributed by atoms with Gasteiger partial charge in [0.05, 0.1) is 5.69 Å². The second-order valence-electron chi connectivity index (χ2n) is 4.91. The van der Waals surface area contributed by atoms with Crippen molar-refractivity contribution < 1.29 is 4.42 Å². The van der Waals surface area contributed by atoms with Crippen LogP contribution in [-0.2, 0) is 0 Å². The fourth-order valence-corrected chi connectivity index (χ4v) is 2.20. The Balaban J connectivity index is 2.17. The molecule has 0 saturated carbocycles. The number of nitrogens with zero attached hydrogens (tertiary/aromatic N) is 4. The van der Waals surface area contributed by atoms with Gasteiger partial charge >= 0.3 is 0 Å². The summed E-state index contributed by atoms with van der Waals surface area (Å²) in [5, 5.41) is 22.5. The van der Waals surface area contributed by atoms with Crippen molar-refractivity contribution in [1.29, 1.82) is 10.5 Å². The minimum atomic E-state index is 0.0159. The highest BCUT2D eigenvalue weighted by molar-refractivity contribution is 5.73. The third kappa shape index (κ3) is 2.90. The molecule has 0 radical (unpaired) electrons. The van der Waals surface area contributed by atoms with E-state index >= 15 is 0 Å². The normalized spacial score (nSPS) is 9.87. The van der Waals surface area contributed by atoms with Crippen molar-refractivity contribution in [2.24, 2.45) is 0 Å². The largest absolute Gasteiger partial charge is 0.460 e. The third-order valence-corrected chi connectivity index (χ3v) is 3.28. The predicted molar refractivity (Wildman–Crippen MR) is 85.2 cm³/mol. The summed E-state index contributed by atoms with van der Waals surface area (Å²) < 4.78 is 7.34. The molecule has 0 unspecified atom stereocenters. The van der Waals surface area contributed by atoms with Gasteiger partial charge in [-0.3, -0.25) is 0 Å². The fraction of sp³-hybridized carbons (Fsp3) is 0.0556. The van der Waals surface area contributed by atoms with Gasteiger partial charge in [-0.25, -0.2) is 4.68 Å². The smallest absolute Gasteiger partial charge is 0.155 e. The van der Waals surface area contributed by atoms with Gasteiger partial charge in [-0.2, -0.15) is 15.6 Å². The van der Waals surface area contributed by atoms with Crippen molar-refractivity contribution in [1.82, 2.24) is 9.78 Å². The van der Waals surface area contributed by atoms with Gasteiger partial charge in [0.15, 0.2) is 5.76 Å². The van der Waals surface area contributed by atoms with Crippen LogP contribution in [0, 0.1) is 29.6 Å². The molecule has 0 aliphatic rings. The van der Waals surface area contributed by atoms with Crippen LogP contribution in [0.2, 0.25) is 0 Å². The maximum Gasteiger partial charge on any atom is 0.155 e. The fourth-order valence-electron chi connectivity index (χ4n) is 2.20. The summed E-state index contributed by atoms with van der Waals surface area (Å²) in [4.78, 5) is 0. The molecule has 0 N–H and O–H groups in total. The highest BCUT2D eigenvalue weighted by atomic mass is 16.3. The Morgan fingerprint density at radius 2 is 1.87 bits per heavy atom. The molecule has 3 aromatic rings. The SMILES string of the molecule is Cc1ccc(-c2nn(-c3ccccc3)cc2C=C(C#N)C#N)o1. The molecule has 0 spiro atoms. The second kappa shape index (κ2) is 6.05. The number of rotatable bonds is 3. The number of hydrogen-bond donors (Lipinski definition) is 0. The molecule has 2 heterocycles. The summed E-state index contributed by atoms with van der Waals surface area (Å²) in [7, 11) is 0. The molecule has 1 aromatic carbocycles. The van der Waals surface area contributed by atoms with Gasteiger partial charge in [-0.05, 0) is 37.3 Å². The Morgan fingerprint density at radius 3 is 2.48 bits per heavy atom. The molecule has 2 aromatic heterocycles. The lowest BCUT2D eigenvalue weighted by molar-refractivity contribution is 0.545. The zero-order valence-corrected chi connectivity index (χ0v) is 12.4. The molecule has 0 fully saturated rings. The number of furan rings is 1. The molecule has 0 bridgehead atoms. The van der Waals surface area contributed by atoms with Crippen LogP contribution in [0.4, 0.5) is 0 Å². The van der Waals surface area contributed by atoms with Gasteiger partial charge in [0.25, 0.3) is 0 Å². The standard InChI is InChI=1S/C18H12N4O/c1-13-7-8-17(23-13)18-15(9-14(10-19)11-20)12-22(21-18)16-5-3-2-4-6-16/h2-9,12H,1H3. The first-order chi connectivity index (χ1) is 11.2. The first kappa shape index (κ1) is 14.4. The highest BCUT2D eigenvalue weighted by Crippen LogP contribution is 2.27. The van der Waals surface area contributed by atoms with Crippen LogP contribution in [0.15, 0.2) is 58.7 Å². The summed E-state index contributed by atoms with van der Waals surface area (Å²) in [6, 6.07) is 17.0. The van der Waals surface area contributed by atoms with Crippen molar-refractivity contribution in [3.63, 3.8) is 0 Å². The summed E-state index contributed by atoms with van der Waals surface area (Å²) >= 11 is 0. The molecule has 3 rings (SSSR count). The monoisotopic (exact) mass is 300 g/mol. The highest BCUT2D eigenvalue weighted by Gasteiger charge is 2.14. The quantitative estimate of drug-likeness (QED) is 0.688. The van der Waals surface area contributed by atoms with Crippen LogP contribution in [0.25, 0.3) is 23.2 Å². The summed E-state index contributed by atoms with van der Waals surface area (Å²) in [5.41, 5.74) is 2.14. The Bertz CT molecular complexity index is 933. The predicted octanol–water partition coefficient (Wildman–Crippen LogP) is 3.87.